The second kappa shape index (κ2) is 10.1. The average molecular weight is 400 g/mol. The summed E-state index contributed by atoms with van der Waals surface area (Å²) in [4.78, 5) is 26.9. The second-order valence-electron chi connectivity index (χ2n) is 6.14. The number of benzene rings is 2. The summed E-state index contributed by atoms with van der Waals surface area (Å²) in [5.74, 6) is -0.437. The van der Waals surface area contributed by atoms with E-state index in [0.29, 0.717) is 22.6 Å². The van der Waals surface area contributed by atoms with Crippen LogP contribution < -0.4 is 26.3 Å². The molecule has 0 bridgehead atoms. The van der Waals surface area contributed by atoms with Crippen molar-refractivity contribution in [2.24, 2.45) is 16.5 Å². The van der Waals surface area contributed by atoms with Crippen LogP contribution in [0.5, 0.6) is 11.5 Å². The molecule has 1 atom stereocenters. The van der Waals surface area contributed by atoms with E-state index in [1.54, 1.807) is 56.7 Å². The molecule has 0 aliphatic rings. The Morgan fingerprint density at radius 2 is 1.69 bits per heavy atom. The number of ether oxygens (including phenoxy) is 2. The van der Waals surface area contributed by atoms with Crippen LogP contribution in [0.1, 0.15) is 21.5 Å². The van der Waals surface area contributed by atoms with Crippen molar-refractivity contribution in [3.63, 3.8) is 0 Å². The number of carboxylic acid groups (broad SMARTS) is 1. The lowest BCUT2D eigenvalue weighted by Crippen LogP contribution is -2.32. The Labute approximate surface area is 168 Å². The molecular weight excluding hydrogens is 376 g/mol. The van der Waals surface area contributed by atoms with Crippen LogP contribution >= 0.6 is 0 Å². The molecule has 0 radical (unpaired) electrons. The highest BCUT2D eigenvalue weighted by molar-refractivity contribution is 6.02. The molecule has 0 saturated carbocycles. The molecule has 0 aliphatic carbocycles. The number of nitrogens with two attached hydrogens (primary N) is 2. The number of nitrogens with zero attached hydrogens (tertiary/aromatic N) is 1. The summed E-state index contributed by atoms with van der Waals surface area (Å²) in [6.07, 6.45) is 0.164. The van der Waals surface area contributed by atoms with E-state index in [1.165, 1.54) is 0 Å². The van der Waals surface area contributed by atoms with Gasteiger partial charge in [0.15, 0.2) is 5.96 Å². The van der Waals surface area contributed by atoms with E-state index in [1.807, 2.05) is 0 Å². The molecule has 154 valence electrons. The van der Waals surface area contributed by atoms with E-state index in [0.717, 1.165) is 5.56 Å². The fourth-order valence-electron chi connectivity index (χ4n) is 2.62. The molecule has 9 heteroatoms. The highest BCUT2D eigenvalue weighted by atomic mass is 16.5. The number of carboxylic acids is 1. The van der Waals surface area contributed by atoms with Crippen molar-refractivity contribution in [2.75, 3.05) is 14.2 Å². The summed E-state index contributed by atoms with van der Waals surface area (Å²) in [6.45, 7) is 0.252. The van der Waals surface area contributed by atoms with Crippen LogP contribution in [-0.4, -0.2) is 43.2 Å². The Bertz CT molecular complexity index is 874. The maximum absolute atomic E-state index is 12.3. The third-order valence-electron chi connectivity index (χ3n) is 4.17. The molecule has 2 aromatic rings. The summed E-state index contributed by atoms with van der Waals surface area (Å²) >= 11 is 0. The highest BCUT2D eigenvalue weighted by Crippen LogP contribution is 2.27. The largest absolute Gasteiger partial charge is 0.496 e. The average Bonchev–Trinajstić information content (AvgIpc) is 2.72. The predicted molar refractivity (Wildman–Crippen MR) is 108 cm³/mol. The summed E-state index contributed by atoms with van der Waals surface area (Å²) in [7, 11) is 3.10. The van der Waals surface area contributed by atoms with Crippen molar-refractivity contribution in [1.82, 2.24) is 5.32 Å². The Kier molecular flexibility index (Phi) is 7.55. The molecule has 0 fully saturated rings. The van der Waals surface area contributed by atoms with E-state index in [4.69, 9.17) is 26.0 Å². The van der Waals surface area contributed by atoms with Crippen LogP contribution in [0.3, 0.4) is 0 Å². The molecule has 0 spiro atoms. The van der Waals surface area contributed by atoms with E-state index in [-0.39, 0.29) is 18.9 Å². The molecule has 0 heterocycles. The summed E-state index contributed by atoms with van der Waals surface area (Å²) in [5, 5.41) is 11.7. The van der Waals surface area contributed by atoms with Gasteiger partial charge in [-0.25, -0.2) is 0 Å². The van der Waals surface area contributed by atoms with Crippen LogP contribution in [0.4, 0.5) is 0 Å². The maximum atomic E-state index is 12.3. The number of rotatable bonds is 8. The molecular formula is C20H24N4O5. The van der Waals surface area contributed by atoms with Gasteiger partial charge in [-0.1, -0.05) is 18.2 Å². The monoisotopic (exact) mass is 400 g/mol. The minimum Gasteiger partial charge on any atom is -0.496 e. The standard InChI is InChI=1S/C20H24N4O5/c1-28-16-4-3-5-17(29-2)14(16)11-23-20(22)24-18(25)13-8-6-12(7-9-13)10-15(21)19(26)27/h3-9,15H,10-11,21H2,1-2H3,(H,26,27)(H3,22,23,24,25)/t15-/m0/s1. The van der Waals surface area contributed by atoms with Gasteiger partial charge in [0.25, 0.3) is 5.91 Å². The molecule has 6 N–H and O–H groups in total. The van der Waals surface area contributed by atoms with Crippen LogP contribution in [0.25, 0.3) is 0 Å². The van der Waals surface area contributed by atoms with E-state index < -0.39 is 17.9 Å². The van der Waals surface area contributed by atoms with Gasteiger partial charge >= 0.3 is 5.97 Å². The van der Waals surface area contributed by atoms with Crippen molar-refractivity contribution >= 4 is 17.8 Å². The lowest BCUT2D eigenvalue weighted by Gasteiger charge is -2.13. The van der Waals surface area contributed by atoms with Crippen molar-refractivity contribution in [1.29, 1.82) is 0 Å². The number of aliphatic imine (C=N–C) groups is 1. The van der Waals surface area contributed by atoms with Gasteiger partial charge < -0.3 is 31.4 Å². The fraction of sp³-hybridized carbons (Fsp3) is 0.250. The minimum atomic E-state index is -1.08. The third-order valence-corrected chi connectivity index (χ3v) is 4.17. The minimum absolute atomic E-state index is 0.0556. The molecule has 1 amide bonds. The zero-order valence-corrected chi connectivity index (χ0v) is 16.2. The number of carbonyl (C=O) groups excluding carboxylic acids is 1. The maximum Gasteiger partial charge on any atom is 0.320 e. The SMILES string of the molecule is COc1cccc(OC)c1CN/C(N)=N/C(=O)c1ccc(C[C@H](N)C(=O)O)cc1. The van der Waals surface area contributed by atoms with Crippen LogP contribution in [0.15, 0.2) is 47.5 Å². The quantitative estimate of drug-likeness (QED) is 0.377. The molecule has 0 saturated heterocycles. The zero-order valence-electron chi connectivity index (χ0n) is 16.2. The number of aliphatic carboxylic acids is 1. The van der Waals surface area contributed by atoms with E-state index >= 15 is 0 Å². The normalized spacial score (nSPS) is 12.2. The number of hydrogen-bond donors (Lipinski definition) is 4. The number of nitrogens with one attached hydrogen (secondary N) is 1. The topological polar surface area (TPSA) is 149 Å². The highest BCUT2D eigenvalue weighted by Gasteiger charge is 2.13. The van der Waals surface area contributed by atoms with Crippen molar-refractivity contribution < 1.29 is 24.2 Å². The Morgan fingerprint density at radius 1 is 1.10 bits per heavy atom. The number of guanidine groups is 1. The van der Waals surface area contributed by atoms with Gasteiger partial charge in [0.2, 0.25) is 0 Å². The number of carbonyl (C=O) groups is 2. The molecule has 0 aromatic heterocycles. The summed E-state index contributed by atoms with van der Waals surface area (Å²) < 4.78 is 10.6. The lowest BCUT2D eigenvalue weighted by atomic mass is 10.0. The molecule has 2 rings (SSSR count). The van der Waals surface area contributed by atoms with E-state index in [9.17, 15) is 9.59 Å². The van der Waals surface area contributed by atoms with Gasteiger partial charge in [-0.05, 0) is 36.2 Å². The zero-order chi connectivity index (χ0) is 21.4. The van der Waals surface area contributed by atoms with Gasteiger partial charge in [0.05, 0.1) is 26.3 Å². The van der Waals surface area contributed by atoms with E-state index in [2.05, 4.69) is 10.3 Å². The molecule has 0 unspecified atom stereocenters. The van der Waals surface area contributed by atoms with Crippen LogP contribution in [0, 0.1) is 0 Å². The molecule has 29 heavy (non-hydrogen) atoms. The smallest absolute Gasteiger partial charge is 0.320 e. The summed E-state index contributed by atoms with van der Waals surface area (Å²) in [6, 6.07) is 10.7. The van der Waals surface area contributed by atoms with Crippen molar-refractivity contribution in [3.05, 3.63) is 59.2 Å². The van der Waals surface area contributed by atoms with Gasteiger partial charge in [0.1, 0.15) is 17.5 Å². The fourth-order valence-corrected chi connectivity index (χ4v) is 2.62. The van der Waals surface area contributed by atoms with Gasteiger partial charge in [-0.2, -0.15) is 4.99 Å². The number of methoxy groups -OCH3 is 2. The molecule has 9 nitrogen and oxygen atoms in total. The first-order valence-electron chi connectivity index (χ1n) is 8.75. The van der Waals surface area contributed by atoms with Crippen molar-refractivity contribution in [3.8, 4) is 11.5 Å². The molecule has 0 aliphatic heterocycles. The Hall–Kier alpha value is -3.59. The van der Waals surface area contributed by atoms with Crippen molar-refractivity contribution in [2.45, 2.75) is 19.0 Å². The van der Waals surface area contributed by atoms with Gasteiger partial charge in [-0.3, -0.25) is 9.59 Å². The first kappa shape index (κ1) is 21.7. The number of hydrogen-bond acceptors (Lipinski definition) is 5. The van der Waals surface area contributed by atoms with Crippen LogP contribution in [-0.2, 0) is 17.8 Å². The second-order valence-corrected chi connectivity index (χ2v) is 6.14. The first-order chi connectivity index (χ1) is 13.8. The van der Waals surface area contributed by atoms with Gasteiger partial charge in [-0.15, -0.1) is 0 Å². The number of amides is 1. The lowest BCUT2D eigenvalue weighted by molar-refractivity contribution is -0.138. The Balaban J connectivity index is 2.03. The Morgan fingerprint density at radius 3 is 2.21 bits per heavy atom. The third kappa shape index (κ3) is 5.94. The van der Waals surface area contributed by atoms with Crippen LogP contribution in [0.2, 0.25) is 0 Å². The molecule has 2 aromatic carbocycles. The predicted octanol–water partition coefficient (Wildman–Crippen LogP) is 0.903. The first-order valence-corrected chi connectivity index (χ1v) is 8.75. The van der Waals surface area contributed by atoms with Gasteiger partial charge in [0, 0.05) is 5.56 Å². The summed E-state index contributed by atoms with van der Waals surface area (Å²) in [5.41, 5.74) is 13.1.